The van der Waals surface area contributed by atoms with Gasteiger partial charge in [0.2, 0.25) is 0 Å². The van der Waals surface area contributed by atoms with Crippen LogP contribution in [0.4, 0.5) is 5.69 Å². The van der Waals surface area contributed by atoms with Crippen molar-refractivity contribution in [2.24, 2.45) is 0 Å². The van der Waals surface area contributed by atoms with Crippen molar-refractivity contribution >= 4 is 11.6 Å². The molecule has 0 atom stereocenters. The number of hydrogen-bond acceptors (Lipinski definition) is 3. The summed E-state index contributed by atoms with van der Waals surface area (Å²) >= 11 is 0. The lowest BCUT2D eigenvalue weighted by molar-refractivity contribution is 0.102. The Hall–Kier alpha value is -3.39. The third-order valence-electron chi connectivity index (χ3n) is 3.19. The highest BCUT2D eigenvalue weighted by Crippen LogP contribution is 2.20. The number of nitriles is 1. The van der Waals surface area contributed by atoms with E-state index >= 15 is 0 Å². The van der Waals surface area contributed by atoms with Gasteiger partial charge in [0.25, 0.3) is 5.91 Å². The molecule has 0 spiro atoms. The Morgan fingerprint density at radius 1 is 1.14 bits per heavy atom. The zero-order valence-electron chi connectivity index (χ0n) is 11.6. The maximum Gasteiger partial charge on any atom is 0.255 e. The summed E-state index contributed by atoms with van der Waals surface area (Å²) in [6.45, 7) is 0. The number of carbonyl (C=O) groups is 1. The van der Waals surface area contributed by atoms with E-state index in [4.69, 9.17) is 5.26 Å². The van der Waals surface area contributed by atoms with E-state index in [1.165, 1.54) is 0 Å². The largest absolute Gasteiger partial charge is 0.322 e. The van der Waals surface area contributed by atoms with E-state index in [-0.39, 0.29) is 5.91 Å². The lowest BCUT2D eigenvalue weighted by atomic mass is 10.1. The van der Waals surface area contributed by atoms with Crippen LogP contribution in [0.1, 0.15) is 15.9 Å². The van der Waals surface area contributed by atoms with E-state index < -0.39 is 0 Å². The summed E-state index contributed by atoms with van der Waals surface area (Å²) in [5, 5.41) is 18.5. The predicted molar refractivity (Wildman–Crippen MR) is 83.1 cm³/mol. The maximum atomic E-state index is 12.2. The van der Waals surface area contributed by atoms with Crippen LogP contribution in [-0.2, 0) is 0 Å². The standard InChI is InChI=1S/C17H12N4O/c18-11-12-3-1-5-14(9-12)17(22)20-15-6-2-4-13(10-15)16-7-8-19-21-16/h1-10H,(H,19,21)(H,20,22). The van der Waals surface area contributed by atoms with Crippen molar-refractivity contribution in [2.75, 3.05) is 5.32 Å². The average Bonchev–Trinajstić information content (AvgIpc) is 3.10. The van der Waals surface area contributed by atoms with Crippen molar-refractivity contribution in [3.05, 3.63) is 71.9 Å². The summed E-state index contributed by atoms with van der Waals surface area (Å²) in [4.78, 5) is 12.2. The van der Waals surface area contributed by atoms with Gasteiger partial charge in [0.1, 0.15) is 0 Å². The van der Waals surface area contributed by atoms with Gasteiger partial charge in [0.15, 0.2) is 0 Å². The van der Waals surface area contributed by atoms with Crippen molar-refractivity contribution in [1.82, 2.24) is 10.2 Å². The summed E-state index contributed by atoms with van der Waals surface area (Å²) in [6.07, 6.45) is 1.67. The summed E-state index contributed by atoms with van der Waals surface area (Å²) < 4.78 is 0. The first-order chi connectivity index (χ1) is 10.8. The van der Waals surface area contributed by atoms with Crippen LogP contribution in [0.2, 0.25) is 0 Å². The number of benzene rings is 2. The van der Waals surface area contributed by atoms with Crippen molar-refractivity contribution in [3.63, 3.8) is 0 Å². The van der Waals surface area contributed by atoms with E-state index in [9.17, 15) is 4.79 Å². The highest BCUT2D eigenvalue weighted by Gasteiger charge is 2.08. The smallest absolute Gasteiger partial charge is 0.255 e. The van der Waals surface area contributed by atoms with E-state index in [0.717, 1.165) is 11.3 Å². The van der Waals surface area contributed by atoms with Crippen LogP contribution in [0.3, 0.4) is 0 Å². The van der Waals surface area contributed by atoms with E-state index in [1.54, 1.807) is 30.5 Å². The highest BCUT2D eigenvalue weighted by atomic mass is 16.1. The molecule has 1 heterocycles. The molecular formula is C17H12N4O. The first kappa shape index (κ1) is 13.6. The van der Waals surface area contributed by atoms with Crippen LogP contribution in [0, 0.1) is 11.3 Å². The molecule has 0 aliphatic rings. The van der Waals surface area contributed by atoms with Gasteiger partial charge in [-0.3, -0.25) is 9.89 Å². The normalized spacial score (nSPS) is 9.95. The molecule has 3 rings (SSSR count). The van der Waals surface area contributed by atoms with Gasteiger partial charge in [-0.25, -0.2) is 0 Å². The summed E-state index contributed by atoms with van der Waals surface area (Å²) in [6, 6.07) is 17.9. The Bertz CT molecular complexity index is 847. The highest BCUT2D eigenvalue weighted by molar-refractivity contribution is 6.04. The number of carbonyl (C=O) groups excluding carboxylic acids is 1. The predicted octanol–water partition coefficient (Wildman–Crippen LogP) is 3.20. The molecule has 0 saturated heterocycles. The molecule has 22 heavy (non-hydrogen) atoms. The van der Waals surface area contributed by atoms with Gasteiger partial charge >= 0.3 is 0 Å². The molecule has 3 aromatic rings. The van der Waals surface area contributed by atoms with E-state index in [0.29, 0.717) is 16.8 Å². The lowest BCUT2D eigenvalue weighted by Gasteiger charge is -2.07. The number of aromatic nitrogens is 2. The first-order valence-electron chi connectivity index (χ1n) is 6.67. The molecule has 0 bridgehead atoms. The molecule has 2 N–H and O–H groups in total. The SMILES string of the molecule is N#Cc1cccc(C(=O)Nc2cccc(-c3ccn[nH]3)c2)c1. The number of H-pyrrole nitrogens is 1. The van der Waals surface area contributed by atoms with Gasteiger partial charge in [-0.2, -0.15) is 10.4 Å². The fourth-order valence-electron chi connectivity index (χ4n) is 2.11. The Kier molecular flexibility index (Phi) is 3.67. The molecular weight excluding hydrogens is 276 g/mol. The second kappa shape index (κ2) is 5.94. The van der Waals surface area contributed by atoms with E-state index in [2.05, 4.69) is 15.5 Å². The second-order valence-electron chi connectivity index (χ2n) is 4.70. The Labute approximate surface area is 127 Å². The van der Waals surface area contributed by atoms with Crippen LogP contribution in [-0.4, -0.2) is 16.1 Å². The molecule has 2 aromatic carbocycles. The molecule has 0 fully saturated rings. The Morgan fingerprint density at radius 2 is 2.00 bits per heavy atom. The Balaban J connectivity index is 1.82. The van der Waals surface area contributed by atoms with Gasteiger partial charge in [-0.1, -0.05) is 18.2 Å². The van der Waals surface area contributed by atoms with Gasteiger partial charge < -0.3 is 5.32 Å². The number of anilines is 1. The summed E-state index contributed by atoms with van der Waals surface area (Å²) in [7, 11) is 0. The molecule has 1 amide bonds. The molecule has 5 nitrogen and oxygen atoms in total. The topological polar surface area (TPSA) is 81.6 Å². The Morgan fingerprint density at radius 3 is 2.77 bits per heavy atom. The summed E-state index contributed by atoms with van der Waals surface area (Å²) in [5.74, 6) is -0.251. The molecule has 5 heteroatoms. The minimum atomic E-state index is -0.251. The summed E-state index contributed by atoms with van der Waals surface area (Å²) in [5.41, 5.74) is 3.40. The first-order valence-corrected chi connectivity index (χ1v) is 6.67. The third-order valence-corrected chi connectivity index (χ3v) is 3.19. The fourth-order valence-corrected chi connectivity index (χ4v) is 2.11. The quantitative estimate of drug-likeness (QED) is 0.776. The minimum absolute atomic E-state index is 0.251. The monoisotopic (exact) mass is 288 g/mol. The fraction of sp³-hybridized carbons (Fsp3) is 0. The maximum absolute atomic E-state index is 12.2. The molecule has 0 aliphatic heterocycles. The van der Waals surface area contributed by atoms with Gasteiger partial charge in [-0.05, 0) is 36.4 Å². The van der Waals surface area contributed by atoms with Crippen molar-refractivity contribution < 1.29 is 4.79 Å². The van der Waals surface area contributed by atoms with Crippen molar-refractivity contribution in [1.29, 1.82) is 5.26 Å². The van der Waals surface area contributed by atoms with Gasteiger partial charge in [0.05, 0.1) is 17.3 Å². The molecule has 0 radical (unpaired) electrons. The van der Waals surface area contributed by atoms with Crippen LogP contribution in [0.5, 0.6) is 0 Å². The number of nitrogens with one attached hydrogen (secondary N) is 2. The minimum Gasteiger partial charge on any atom is -0.322 e. The molecule has 0 unspecified atom stereocenters. The zero-order chi connectivity index (χ0) is 15.4. The molecule has 1 aromatic heterocycles. The molecule has 0 saturated carbocycles. The van der Waals surface area contributed by atoms with Gasteiger partial charge in [-0.15, -0.1) is 0 Å². The van der Waals surface area contributed by atoms with Crippen LogP contribution in [0.15, 0.2) is 60.8 Å². The molecule has 0 aliphatic carbocycles. The lowest BCUT2D eigenvalue weighted by Crippen LogP contribution is -2.11. The molecule has 106 valence electrons. The number of nitrogens with zero attached hydrogens (tertiary/aromatic N) is 2. The number of hydrogen-bond donors (Lipinski definition) is 2. The zero-order valence-corrected chi connectivity index (χ0v) is 11.6. The van der Waals surface area contributed by atoms with Crippen molar-refractivity contribution in [2.45, 2.75) is 0 Å². The third kappa shape index (κ3) is 2.86. The average molecular weight is 288 g/mol. The second-order valence-corrected chi connectivity index (χ2v) is 4.70. The van der Waals surface area contributed by atoms with E-state index in [1.807, 2.05) is 36.4 Å². The van der Waals surface area contributed by atoms with Crippen molar-refractivity contribution in [3.8, 4) is 17.3 Å². The van der Waals surface area contributed by atoms with Crippen LogP contribution < -0.4 is 5.32 Å². The number of rotatable bonds is 3. The van der Waals surface area contributed by atoms with Gasteiger partial charge in [0, 0.05) is 23.0 Å². The number of aromatic amines is 1. The number of amides is 1. The van der Waals surface area contributed by atoms with Crippen LogP contribution >= 0.6 is 0 Å². The van der Waals surface area contributed by atoms with Crippen LogP contribution in [0.25, 0.3) is 11.3 Å².